The molecule has 0 bridgehead atoms. The minimum Gasteiger partial charge on any atom is -0.336 e. The molecular weight excluding hydrogens is 239 g/mol. The van der Waals surface area contributed by atoms with Gasteiger partial charge in [0.2, 0.25) is 0 Å². The van der Waals surface area contributed by atoms with Crippen molar-refractivity contribution < 1.29 is 0 Å². The van der Waals surface area contributed by atoms with Crippen molar-refractivity contribution in [1.82, 2.24) is 9.55 Å². The van der Waals surface area contributed by atoms with Crippen LogP contribution >= 0.6 is 27.5 Å². The van der Waals surface area contributed by atoms with E-state index in [9.17, 15) is 0 Å². The predicted molar refractivity (Wildman–Crippen MR) is 53.4 cm³/mol. The third-order valence-electron chi connectivity index (χ3n) is 1.81. The highest BCUT2D eigenvalue weighted by atomic mass is 79.9. The summed E-state index contributed by atoms with van der Waals surface area (Å²) in [4.78, 5) is 4.19. The van der Waals surface area contributed by atoms with E-state index in [1.807, 2.05) is 17.7 Å². The molecule has 0 N–H and O–H groups in total. The number of rotatable bonds is 0. The standard InChI is InChI=1S/C8H6BrClN2/c1-12-7(9)4-6-8(12)5(10)2-3-11-6/h2-4H,1H3. The normalized spacial score (nSPS) is 10.9. The molecule has 62 valence electrons. The zero-order valence-corrected chi connectivity index (χ0v) is 8.72. The van der Waals surface area contributed by atoms with Crippen molar-refractivity contribution in [3.63, 3.8) is 0 Å². The third kappa shape index (κ3) is 1.04. The van der Waals surface area contributed by atoms with Crippen molar-refractivity contribution in [2.75, 3.05) is 0 Å². The van der Waals surface area contributed by atoms with E-state index in [0.29, 0.717) is 0 Å². The quantitative estimate of drug-likeness (QED) is 0.698. The topological polar surface area (TPSA) is 17.8 Å². The van der Waals surface area contributed by atoms with Crippen LogP contribution in [0.4, 0.5) is 0 Å². The molecule has 0 aliphatic rings. The van der Waals surface area contributed by atoms with E-state index < -0.39 is 0 Å². The molecule has 0 atom stereocenters. The fourth-order valence-electron chi connectivity index (χ4n) is 1.20. The van der Waals surface area contributed by atoms with Gasteiger partial charge in [-0.2, -0.15) is 0 Å². The Morgan fingerprint density at radius 3 is 3.00 bits per heavy atom. The average Bonchev–Trinajstić information content (AvgIpc) is 2.29. The predicted octanol–water partition coefficient (Wildman–Crippen LogP) is 2.99. The molecule has 0 aliphatic heterocycles. The Labute approximate surface area is 83.3 Å². The second kappa shape index (κ2) is 2.75. The van der Waals surface area contributed by atoms with Crippen LogP contribution in [0.1, 0.15) is 0 Å². The van der Waals surface area contributed by atoms with Crippen molar-refractivity contribution >= 4 is 38.6 Å². The average molecular weight is 246 g/mol. The smallest absolute Gasteiger partial charge is 0.0908 e. The monoisotopic (exact) mass is 244 g/mol. The van der Waals surface area contributed by atoms with Gasteiger partial charge in [0.15, 0.2) is 0 Å². The van der Waals surface area contributed by atoms with Crippen LogP contribution in [0.5, 0.6) is 0 Å². The molecule has 2 aromatic heterocycles. The number of fused-ring (bicyclic) bond motifs is 1. The molecule has 12 heavy (non-hydrogen) atoms. The molecule has 2 heterocycles. The van der Waals surface area contributed by atoms with E-state index in [0.717, 1.165) is 20.7 Å². The second-order valence-corrected chi connectivity index (χ2v) is 3.77. The van der Waals surface area contributed by atoms with Crippen LogP contribution in [0.2, 0.25) is 5.02 Å². The first kappa shape index (κ1) is 8.08. The van der Waals surface area contributed by atoms with E-state index in [-0.39, 0.29) is 0 Å². The van der Waals surface area contributed by atoms with Gasteiger partial charge in [-0.1, -0.05) is 11.6 Å². The summed E-state index contributed by atoms with van der Waals surface area (Å²) in [5, 5.41) is 0.730. The molecule has 0 saturated heterocycles. The van der Waals surface area contributed by atoms with Gasteiger partial charge in [0.25, 0.3) is 0 Å². The van der Waals surface area contributed by atoms with Crippen LogP contribution in [0.25, 0.3) is 11.0 Å². The highest BCUT2D eigenvalue weighted by Gasteiger charge is 2.06. The van der Waals surface area contributed by atoms with Crippen LogP contribution in [0, 0.1) is 0 Å². The minimum absolute atomic E-state index is 0.730. The Morgan fingerprint density at radius 2 is 2.33 bits per heavy atom. The number of nitrogens with zero attached hydrogens (tertiary/aromatic N) is 2. The molecule has 2 rings (SSSR count). The molecule has 0 radical (unpaired) electrons. The summed E-state index contributed by atoms with van der Waals surface area (Å²) in [6, 6.07) is 3.73. The SMILES string of the molecule is Cn1c(Br)cc2nccc(Cl)c21. The van der Waals surface area contributed by atoms with Crippen LogP contribution in [-0.2, 0) is 7.05 Å². The lowest BCUT2D eigenvalue weighted by Gasteiger charge is -1.98. The van der Waals surface area contributed by atoms with Gasteiger partial charge in [-0.25, -0.2) is 0 Å². The largest absolute Gasteiger partial charge is 0.336 e. The van der Waals surface area contributed by atoms with Gasteiger partial charge in [0.1, 0.15) is 0 Å². The summed E-state index contributed by atoms with van der Waals surface area (Å²) in [6.07, 6.45) is 1.71. The molecule has 0 unspecified atom stereocenters. The molecule has 2 nitrogen and oxygen atoms in total. The number of aryl methyl sites for hydroxylation is 1. The number of halogens is 2. The molecule has 0 spiro atoms. The van der Waals surface area contributed by atoms with Crippen molar-refractivity contribution in [2.45, 2.75) is 0 Å². The number of hydrogen-bond donors (Lipinski definition) is 0. The zero-order chi connectivity index (χ0) is 8.72. The number of pyridine rings is 1. The molecule has 0 aromatic carbocycles. The highest BCUT2D eigenvalue weighted by molar-refractivity contribution is 9.10. The van der Waals surface area contributed by atoms with E-state index in [1.165, 1.54) is 0 Å². The van der Waals surface area contributed by atoms with Gasteiger partial charge in [0, 0.05) is 13.2 Å². The summed E-state index contributed by atoms with van der Waals surface area (Å²) in [6.45, 7) is 0. The van der Waals surface area contributed by atoms with Gasteiger partial charge in [-0.3, -0.25) is 4.98 Å². The summed E-state index contributed by atoms with van der Waals surface area (Å²) in [5.41, 5.74) is 1.88. The van der Waals surface area contributed by atoms with Crippen LogP contribution in [0.3, 0.4) is 0 Å². The van der Waals surface area contributed by atoms with E-state index in [1.54, 1.807) is 12.3 Å². The van der Waals surface area contributed by atoms with E-state index >= 15 is 0 Å². The highest BCUT2D eigenvalue weighted by Crippen LogP contribution is 2.26. The van der Waals surface area contributed by atoms with E-state index in [4.69, 9.17) is 11.6 Å². The Morgan fingerprint density at radius 1 is 1.58 bits per heavy atom. The maximum absolute atomic E-state index is 5.99. The Kier molecular flexibility index (Phi) is 1.85. The molecule has 2 aromatic rings. The molecule has 0 aliphatic carbocycles. The fourth-order valence-corrected chi connectivity index (χ4v) is 1.87. The first-order valence-corrected chi connectivity index (χ1v) is 4.62. The molecule has 0 amide bonds. The van der Waals surface area contributed by atoms with Crippen molar-refractivity contribution in [1.29, 1.82) is 0 Å². The Bertz CT molecular complexity index is 436. The molecule has 0 saturated carbocycles. The van der Waals surface area contributed by atoms with Crippen molar-refractivity contribution in [3.05, 3.63) is 28.0 Å². The van der Waals surface area contributed by atoms with E-state index in [2.05, 4.69) is 20.9 Å². The second-order valence-electron chi connectivity index (χ2n) is 2.55. The van der Waals surface area contributed by atoms with Gasteiger partial charge >= 0.3 is 0 Å². The lowest BCUT2D eigenvalue weighted by Crippen LogP contribution is -1.87. The summed E-state index contributed by atoms with van der Waals surface area (Å²) < 4.78 is 2.95. The maximum Gasteiger partial charge on any atom is 0.0908 e. The van der Waals surface area contributed by atoms with Crippen LogP contribution in [0.15, 0.2) is 22.9 Å². The molecule has 0 fully saturated rings. The first-order chi connectivity index (χ1) is 5.70. The Hall–Kier alpha value is -0.540. The first-order valence-electron chi connectivity index (χ1n) is 3.45. The zero-order valence-electron chi connectivity index (χ0n) is 6.38. The third-order valence-corrected chi connectivity index (χ3v) is 2.88. The van der Waals surface area contributed by atoms with Gasteiger partial charge < -0.3 is 4.57 Å². The lowest BCUT2D eigenvalue weighted by atomic mass is 10.4. The van der Waals surface area contributed by atoms with Crippen LogP contribution in [-0.4, -0.2) is 9.55 Å². The number of aromatic nitrogens is 2. The lowest BCUT2D eigenvalue weighted by molar-refractivity contribution is 0.940. The Balaban J connectivity index is 2.97. The summed E-state index contributed by atoms with van der Waals surface area (Å²) >= 11 is 9.40. The van der Waals surface area contributed by atoms with Crippen molar-refractivity contribution in [2.24, 2.45) is 7.05 Å². The minimum atomic E-state index is 0.730. The summed E-state index contributed by atoms with van der Waals surface area (Å²) in [5.74, 6) is 0. The van der Waals surface area contributed by atoms with Crippen molar-refractivity contribution in [3.8, 4) is 0 Å². The maximum atomic E-state index is 5.99. The fraction of sp³-hybridized carbons (Fsp3) is 0.125. The number of hydrogen-bond acceptors (Lipinski definition) is 1. The van der Waals surface area contributed by atoms with Crippen LogP contribution < -0.4 is 0 Å². The molecule has 4 heteroatoms. The molecular formula is C8H6BrClN2. The van der Waals surface area contributed by atoms with Gasteiger partial charge in [-0.05, 0) is 28.1 Å². The van der Waals surface area contributed by atoms with Gasteiger partial charge in [0.05, 0.1) is 20.7 Å². The summed E-state index contributed by atoms with van der Waals surface area (Å²) in [7, 11) is 1.94. The van der Waals surface area contributed by atoms with Gasteiger partial charge in [-0.15, -0.1) is 0 Å².